The molecule has 0 aliphatic heterocycles. The van der Waals surface area contributed by atoms with Gasteiger partial charge in [-0.05, 0) is 25.5 Å². The molecule has 3 nitrogen and oxygen atoms in total. The normalized spacial score (nSPS) is 12.7. The maximum absolute atomic E-state index is 5.59. The van der Waals surface area contributed by atoms with Gasteiger partial charge in [0.1, 0.15) is 5.76 Å². The molecule has 2 rings (SSSR count). The molecule has 16 heavy (non-hydrogen) atoms. The SMILES string of the molecule is Cc1ccc(C(NN)c2coc(C)c2)cc1. The summed E-state index contributed by atoms with van der Waals surface area (Å²) in [5.74, 6) is 6.48. The van der Waals surface area contributed by atoms with E-state index in [-0.39, 0.29) is 6.04 Å². The molecule has 1 heterocycles. The Balaban J connectivity index is 2.32. The van der Waals surface area contributed by atoms with Crippen LogP contribution in [-0.4, -0.2) is 0 Å². The summed E-state index contributed by atoms with van der Waals surface area (Å²) in [5, 5.41) is 0. The Morgan fingerprint density at radius 2 is 1.81 bits per heavy atom. The Kier molecular flexibility index (Phi) is 3.08. The van der Waals surface area contributed by atoms with Gasteiger partial charge in [-0.1, -0.05) is 29.8 Å². The fraction of sp³-hybridized carbons (Fsp3) is 0.231. The van der Waals surface area contributed by atoms with E-state index in [2.05, 4.69) is 36.6 Å². The number of nitrogens with two attached hydrogens (primary N) is 1. The third kappa shape index (κ3) is 2.15. The van der Waals surface area contributed by atoms with Crippen molar-refractivity contribution in [2.75, 3.05) is 0 Å². The molecular formula is C13H16N2O. The number of hydrazine groups is 1. The molecule has 1 aromatic carbocycles. The van der Waals surface area contributed by atoms with Crippen molar-refractivity contribution in [3.63, 3.8) is 0 Å². The molecule has 1 aromatic heterocycles. The van der Waals surface area contributed by atoms with Crippen LogP contribution in [0, 0.1) is 13.8 Å². The van der Waals surface area contributed by atoms with Crippen LogP contribution in [0.15, 0.2) is 41.0 Å². The molecule has 0 amide bonds. The Hall–Kier alpha value is -1.58. The third-order valence-corrected chi connectivity index (χ3v) is 2.66. The van der Waals surface area contributed by atoms with E-state index < -0.39 is 0 Å². The molecule has 2 aromatic rings. The lowest BCUT2D eigenvalue weighted by Crippen LogP contribution is -2.28. The maximum Gasteiger partial charge on any atom is 0.101 e. The first-order chi connectivity index (χ1) is 7.70. The maximum atomic E-state index is 5.59. The van der Waals surface area contributed by atoms with E-state index >= 15 is 0 Å². The van der Waals surface area contributed by atoms with Crippen molar-refractivity contribution in [3.05, 3.63) is 59.0 Å². The average Bonchev–Trinajstić information content (AvgIpc) is 2.69. The Morgan fingerprint density at radius 1 is 1.12 bits per heavy atom. The van der Waals surface area contributed by atoms with Gasteiger partial charge in [-0.15, -0.1) is 0 Å². The number of benzene rings is 1. The summed E-state index contributed by atoms with van der Waals surface area (Å²) >= 11 is 0. The van der Waals surface area contributed by atoms with Gasteiger partial charge in [0.05, 0.1) is 12.3 Å². The minimum Gasteiger partial charge on any atom is -0.469 e. The van der Waals surface area contributed by atoms with Gasteiger partial charge in [-0.25, -0.2) is 5.43 Å². The van der Waals surface area contributed by atoms with Crippen molar-refractivity contribution in [3.8, 4) is 0 Å². The number of aryl methyl sites for hydroxylation is 2. The lowest BCUT2D eigenvalue weighted by atomic mass is 10.0. The smallest absolute Gasteiger partial charge is 0.101 e. The first-order valence-corrected chi connectivity index (χ1v) is 5.28. The minimum atomic E-state index is -0.0157. The van der Waals surface area contributed by atoms with E-state index in [0.29, 0.717) is 0 Å². The summed E-state index contributed by atoms with van der Waals surface area (Å²) in [5.41, 5.74) is 6.22. The molecule has 3 heteroatoms. The zero-order chi connectivity index (χ0) is 11.5. The number of hydrogen-bond donors (Lipinski definition) is 2. The molecular weight excluding hydrogens is 200 g/mol. The number of hydrogen-bond acceptors (Lipinski definition) is 3. The molecule has 0 spiro atoms. The van der Waals surface area contributed by atoms with Crippen LogP contribution in [0.2, 0.25) is 0 Å². The van der Waals surface area contributed by atoms with Crippen LogP contribution >= 0.6 is 0 Å². The lowest BCUT2D eigenvalue weighted by Gasteiger charge is -2.14. The summed E-state index contributed by atoms with van der Waals surface area (Å²) in [6.45, 7) is 3.99. The highest BCUT2D eigenvalue weighted by Gasteiger charge is 2.13. The monoisotopic (exact) mass is 216 g/mol. The standard InChI is InChI=1S/C13H16N2O/c1-9-3-5-11(6-4-9)13(15-14)12-7-10(2)16-8-12/h3-8,13,15H,14H2,1-2H3. The van der Waals surface area contributed by atoms with Crippen molar-refractivity contribution in [2.24, 2.45) is 5.84 Å². The van der Waals surface area contributed by atoms with E-state index in [1.807, 2.05) is 13.0 Å². The second-order valence-electron chi connectivity index (χ2n) is 4.00. The second kappa shape index (κ2) is 4.51. The zero-order valence-corrected chi connectivity index (χ0v) is 9.53. The van der Waals surface area contributed by atoms with Crippen LogP contribution in [0.4, 0.5) is 0 Å². The summed E-state index contributed by atoms with van der Waals surface area (Å²) in [4.78, 5) is 0. The highest BCUT2D eigenvalue weighted by molar-refractivity contribution is 5.32. The van der Waals surface area contributed by atoms with Gasteiger partial charge in [-0.2, -0.15) is 0 Å². The van der Waals surface area contributed by atoms with Gasteiger partial charge >= 0.3 is 0 Å². The highest BCUT2D eigenvalue weighted by atomic mass is 16.3. The molecule has 0 radical (unpaired) electrons. The molecule has 0 saturated heterocycles. The fourth-order valence-electron chi connectivity index (χ4n) is 1.76. The van der Waals surface area contributed by atoms with Crippen molar-refractivity contribution >= 4 is 0 Å². The number of furan rings is 1. The van der Waals surface area contributed by atoms with Crippen LogP contribution in [0.1, 0.15) is 28.5 Å². The number of nitrogens with one attached hydrogen (secondary N) is 1. The van der Waals surface area contributed by atoms with Crippen molar-refractivity contribution < 1.29 is 4.42 Å². The first kappa shape index (κ1) is 10.9. The molecule has 0 bridgehead atoms. The Labute approximate surface area is 95.2 Å². The average molecular weight is 216 g/mol. The molecule has 0 fully saturated rings. The van der Waals surface area contributed by atoms with E-state index in [4.69, 9.17) is 10.3 Å². The molecule has 1 unspecified atom stereocenters. The van der Waals surface area contributed by atoms with Crippen molar-refractivity contribution in [2.45, 2.75) is 19.9 Å². The summed E-state index contributed by atoms with van der Waals surface area (Å²) < 4.78 is 5.30. The second-order valence-corrected chi connectivity index (χ2v) is 4.00. The molecule has 0 aliphatic rings. The molecule has 0 saturated carbocycles. The topological polar surface area (TPSA) is 51.2 Å². The van der Waals surface area contributed by atoms with E-state index in [0.717, 1.165) is 16.9 Å². The summed E-state index contributed by atoms with van der Waals surface area (Å²) in [6.07, 6.45) is 1.74. The minimum absolute atomic E-state index is 0.0157. The predicted octanol–water partition coefficient (Wildman–Crippen LogP) is 2.45. The zero-order valence-electron chi connectivity index (χ0n) is 9.53. The molecule has 3 N–H and O–H groups in total. The van der Waals surface area contributed by atoms with Gasteiger partial charge in [0.15, 0.2) is 0 Å². The van der Waals surface area contributed by atoms with Crippen LogP contribution in [-0.2, 0) is 0 Å². The Bertz CT molecular complexity index is 459. The van der Waals surface area contributed by atoms with Gasteiger partial charge in [0, 0.05) is 5.56 Å². The summed E-state index contributed by atoms with van der Waals surface area (Å²) in [7, 11) is 0. The first-order valence-electron chi connectivity index (χ1n) is 5.28. The molecule has 0 aliphatic carbocycles. The lowest BCUT2D eigenvalue weighted by molar-refractivity contribution is 0.526. The predicted molar refractivity (Wildman–Crippen MR) is 63.8 cm³/mol. The fourth-order valence-corrected chi connectivity index (χ4v) is 1.76. The van der Waals surface area contributed by atoms with Crippen LogP contribution in [0.3, 0.4) is 0 Å². The van der Waals surface area contributed by atoms with E-state index in [1.165, 1.54) is 5.56 Å². The van der Waals surface area contributed by atoms with Gasteiger partial charge in [0.2, 0.25) is 0 Å². The third-order valence-electron chi connectivity index (χ3n) is 2.66. The number of rotatable bonds is 3. The largest absolute Gasteiger partial charge is 0.469 e. The van der Waals surface area contributed by atoms with Gasteiger partial charge in [-0.3, -0.25) is 5.84 Å². The van der Waals surface area contributed by atoms with E-state index in [1.54, 1.807) is 6.26 Å². The molecule has 84 valence electrons. The van der Waals surface area contributed by atoms with Crippen LogP contribution < -0.4 is 11.3 Å². The highest BCUT2D eigenvalue weighted by Crippen LogP contribution is 2.23. The van der Waals surface area contributed by atoms with E-state index in [9.17, 15) is 0 Å². The van der Waals surface area contributed by atoms with Gasteiger partial charge in [0.25, 0.3) is 0 Å². The van der Waals surface area contributed by atoms with Crippen molar-refractivity contribution in [1.29, 1.82) is 0 Å². The van der Waals surface area contributed by atoms with Gasteiger partial charge < -0.3 is 4.42 Å². The summed E-state index contributed by atoms with van der Waals surface area (Å²) in [6, 6.07) is 10.3. The quantitative estimate of drug-likeness (QED) is 0.612. The van der Waals surface area contributed by atoms with Crippen LogP contribution in [0.25, 0.3) is 0 Å². The molecule has 1 atom stereocenters. The van der Waals surface area contributed by atoms with Crippen molar-refractivity contribution in [1.82, 2.24) is 5.43 Å². The van der Waals surface area contributed by atoms with Crippen LogP contribution in [0.5, 0.6) is 0 Å². The Morgan fingerprint density at radius 3 is 2.31 bits per heavy atom.